The molecule has 0 aliphatic heterocycles. The Balaban J connectivity index is 1.90. The van der Waals surface area contributed by atoms with Gasteiger partial charge >= 0.3 is 0 Å². The van der Waals surface area contributed by atoms with Crippen molar-refractivity contribution in [2.45, 2.75) is 57.3 Å². The van der Waals surface area contributed by atoms with E-state index >= 15 is 0 Å². The number of rotatable bonds is 4. The molecule has 2 atom stereocenters. The standard InChI is InChI=1S/C17H24N2O2/c1-3-19-16-9-5-4-8-14(16)15(18-19)12-17(20)10-6-7-13(11-17)21-2/h4-5,8-9,13,20H,3,6-7,10-12H2,1-2H3. The SMILES string of the molecule is CCn1nc(CC2(O)CCCC(OC)C2)c2ccccc21. The van der Waals surface area contributed by atoms with Crippen LogP contribution in [-0.2, 0) is 17.7 Å². The molecule has 1 saturated carbocycles. The first-order valence-electron chi connectivity index (χ1n) is 7.85. The van der Waals surface area contributed by atoms with Crippen LogP contribution in [0.1, 0.15) is 38.3 Å². The van der Waals surface area contributed by atoms with E-state index in [-0.39, 0.29) is 6.10 Å². The van der Waals surface area contributed by atoms with E-state index in [1.54, 1.807) is 7.11 Å². The van der Waals surface area contributed by atoms with E-state index < -0.39 is 5.60 Å². The Hall–Kier alpha value is -1.39. The molecule has 1 heterocycles. The van der Waals surface area contributed by atoms with E-state index in [1.165, 1.54) is 0 Å². The first-order valence-corrected chi connectivity index (χ1v) is 7.85. The number of methoxy groups -OCH3 is 1. The molecular formula is C17H24N2O2. The van der Waals surface area contributed by atoms with Gasteiger partial charge in [0.15, 0.2) is 0 Å². The molecule has 1 aliphatic carbocycles. The van der Waals surface area contributed by atoms with Crippen molar-refractivity contribution in [2.75, 3.05) is 7.11 Å². The quantitative estimate of drug-likeness (QED) is 0.941. The lowest BCUT2D eigenvalue weighted by atomic mass is 9.80. The van der Waals surface area contributed by atoms with Crippen LogP contribution in [0.4, 0.5) is 0 Å². The molecule has 2 aromatic rings. The summed E-state index contributed by atoms with van der Waals surface area (Å²) in [5, 5.41) is 16.8. The zero-order chi connectivity index (χ0) is 14.9. The molecule has 0 spiro atoms. The van der Waals surface area contributed by atoms with Crippen molar-refractivity contribution in [3.05, 3.63) is 30.0 Å². The van der Waals surface area contributed by atoms with Crippen molar-refractivity contribution < 1.29 is 9.84 Å². The van der Waals surface area contributed by atoms with Gasteiger partial charge in [-0.05, 0) is 32.3 Å². The Morgan fingerprint density at radius 3 is 3.00 bits per heavy atom. The van der Waals surface area contributed by atoms with Gasteiger partial charge < -0.3 is 9.84 Å². The summed E-state index contributed by atoms with van der Waals surface area (Å²) in [4.78, 5) is 0. The molecule has 114 valence electrons. The fourth-order valence-electron chi connectivity index (χ4n) is 3.53. The lowest BCUT2D eigenvalue weighted by Gasteiger charge is -2.35. The first kappa shape index (κ1) is 14.5. The van der Waals surface area contributed by atoms with Crippen molar-refractivity contribution in [3.63, 3.8) is 0 Å². The minimum atomic E-state index is -0.686. The van der Waals surface area contributed by atoms with E-state index in [0.717, 1.165) is 42.4 Å². The summed E-state index contributed by atoms with van der Waals surface area (Å²) in [5.41, 5.74) is 1.47. The number of aliphatic hydroxyl groups is 1. The fraction of sp³-hybridized carbons (Fsp3) is 0.588. The Bertz CT molecular complexity index is 622. The van der Waals surface area contributed by atoms with Crippen LogP contribution < -0.4 is 0 Å². The minimum absolute atomic E-state index is 0.170. The predicted molar refractivity (Wildman–Crippen MR) is 83.3 cm³/mol. The molecule has 3 rings (SSSR count). The number of aryl methyl sites for hydroxylation is 1. The van der Waals surface area contributed by atoms with Gasteiger partial charge in [-0.2, -0.15) is 5.10 Å². The van der Waals surface area contributed by atoms with Gasteiger partial charge in [-0.15, -0.1) is 0 Å². The maximum atomic E-state index is 10.9. The summed E-state index contributed by atoms with van der Waals surface area (Å²) in [7, 11) is 1.73. The van der Waals surface area contributed by atoms with E-state index in [1.807, 2.05) is 16.8 Å². The molecule has 4 nitrogen and oxygen atoms in total. The zero-order valence-corrected chi connectivity index (χ0v) is 12.9. The Morgan fingerprint density at radius 2 is 2.24 bits per heavy atom. The van der Waals surface area contributed by atoms with Gasteiger partial charge in [0.1, 0.15) is 0 Å². The van der Waals surface area contributed by atoms with Gasteiger partial charge in [0.2, 0.25) is 0 Å². The summed E-state index contributed by atoms with van der Waals surface area (Å²) in [6.07, 6.45) is 4.38. The van der Waals surface area contributed by atoms with Gasteiger partial charge in [-0.25, -0.2) is 0 Å². The number of ether oxygens (including phenoxy) is 1. The molecule has 0 saturated heterocycles. The van der Waals surface area contributed by atoms with Crippen LogP contribution in [0.15, 0.2) is 24.3 Å². The molecule has 1 aliphatic rings. The van der Waals surface area contributed by atoms with Crippen LogP contribution in [0.5, 0.6) is 0 Å². The molecule has 1 fully saturated rings. The maximum absolute atomic E-state index is 10.9. The van der Waals surface area contributed by atoms with E-state index in [9.17, 15) is 5.11 Å². The number of aromatic nitrogens is 2. The molecule has 4 heteroatoms. The molecule has 0 bridgehead atoms. The second-order valence-electron chi connectivity index (χ2n) is 6.13. The smallest absolute Gasteiger partial charge is 0.0732 e. The van der Waals surface area contributed by atoms with Crippen molar-refractivity contribution in [1.82, 2.24) is 9.78 Å². The highest BCUT2D eigenvalue weighted by Crippen LogP contribution is 2.34. The molecule has 0 radical (unpaired) electrons. The van der Waals surface area contributed by atoms with Crippen LogP contribution in [0, 0.1) is 0 Å². The largest absolute Gasteiger partial charge is 0.389 e. The Labute approximate surface area is 125 Å². The van der Waals surface area contributed by atoms with Crippen molar-refractivity contribution in [2.24, 2.45) is 0 Å². The minimum Gasteiger partial charge on any atom is -0.389 e. The average molecular weight is 288 g/mol. The Morgan fingerprint density at radius 1 is 1.43 bits per heavy atom. The average Bonchev–Trinajstić information content (AvgIpc) is 2.85. The van der Waals surface area contributed by atoms with Crippen LogP contribution in [0.3, 0.4) is 0 Å². The normalized spacial score (nSPS) is 26.3. The first-order chi connectivity index (χ1) is 10.1. The molecule has 1 aromatic heterocycles. The molecular weight excluding hydrogens is 264 g/mol. The highest BCUT2D eigenvalue weighted by atomic mass is 16.5. The van der Waals surface area contributed by atoms with Crippen molar-refractivity contribution >= 4 is 10.9 Å². The second-order valence-corrected chi connectivity index (χ2v) is 6.13. The van der Waals surface area contributed by atoms with Crippen molar-refractivity contribution in [1.29, 1.82) is 0 Å². The third-order valence-corrected chi connectivity index (χ3v) is 4.64. The fourth-order valence-corrected chi connectivity index (χ4v) is 3.53. The molecule has 1 N–H and O–H groups in total. The highest BCUT2D eigenvalue weighted by Gasteiger charge is 2.35. The Kier molecular flexibility index (Phi) is 4.00. The van der Waals surface area contributed by atoms with Crippen LogP contribution >= 0.6 is 0 Å². The molecule has 0 amide bonds. The predicted octanol–water partition coefficient (Wildman–Crippen LogP) is 2.92. The summed E-state index contributed by atoms with van der Waals surface area (Å²) in [6.45, 7) is 2.94. The van der Waals surface area contributed by atoms with Crippen LogP contribution in [0.25, 0.3) is 10.9 Å². The summed E-state index contributed by atoms with van der Waals surface area (Å²) < 4.78 is 7.47. The van der Waals surface area contributed by atoms with Gasteiger partial charge in [0.05, 0.1) is 22.9 Å². The molecule has 2 unspecified atom stereocenters. The van der Waals surface area contributed by atoms with Crippen LogP contribution in [0.2, 0.25) is 0 Å². The van der Waals surface area contributed by atoms with Gasteiger partial charge in [0, 0.05) is 31.9 Å². The second kappa shape index (κ2) is 5.78. The molecule has 1 aromatic carbocycles. The number of fused-ring (bicyclic) bond motifs is 1. The summed E-state index contributed by atoms with van der Waals surface area (Å²) in [5.74, 6) is 0. The summed E-state index contributed by atoms with van der Waals surface area (Å²) in [6, 6.07) is 8.27. The lowest BCUT2D eigenvalue weighted by Crippen LogP contribution is -2.40. The summed E-state index contributed by atoms with van der Waals surface area (Å²) >= 11 is 0. The maximum Gasteiger partial charge on any atom is 0.0732 e. The third kappa shape index (κ3) is 2.83. The van der Waals surface area contributed by atoms with E-state index in [0.29, 0.717) is 12.8 Å². The van der Waals surface area contributed by atoms with Crippen molar-refractivity contribution in [3.8, 4) is 0 Å². The van der Waals surface area contributed by atoms with Gasteiger partial charge in [0.25, 0.3) is 0 Å². The number of hydrogen-bond acceptors (Lipinski definition) is 3. The zero-order valence-electron chi connectivity index (χ0n) is 12.9. The van der Waals surface area contributed by atoms with Gasteiger partial charge in [-0.3, -0.25) is 4.68 Å². The van der Waals surface area contributed by atoms with Crippen LogP contribution in [-0.4, -0.2) is 33.7 Å². The molecule has 21 heavy (non-hydrogen) atoms. The van der Waals surface area contributed by atoms with E-state index in [2.05, 4.69) is 19.1 Å². The van der Waals surface area contributed by atoms with E-state index in [4.69, 9.17) is 9.84 Å². The number of hydrogen-bond donors (Lipinski definition) is 1. The number of para-hydroxylation sites is 1. The number of nitrogens with zero attached hydrogens (tertiary/aromatic N) is 2. The third-order valence-electron chi connectivity index (χ3n) is 4.64. The lowest BCUT2D eigenvalue weighted by molar-refractivity contribution is -0.0585. The monoisotopic (exact) mass is 288 g/mol. The van der Waals surface area contributed by atoms with Gasteiger partial charge in [-0.1, -0.05) is 18.2 Å². The topological polar surface area (TPSA) is 47.3 Å². The highest BCUT2D eigenvalue weighted by molar-refractivity contribution is 5.82. The number of benzene rings is 1.